The summed E-state index contributed by atoms with van der Waals surface area (Å²) in [6.45, 7) is 2.10. The average Bonchev–Trinajstić information content (AvgIpc) is 2.82. The smallest absolute Gasteiger partial charge is 0.145 e. The molecule has 0 radical (unpaired) electrons. The maximum absolute atomic E-state index is 5.47. The van der Waals surface area contributed by atoms with E-state index in [2.05, 4.69) is 27.2 Å². The SMILES string of the molecule is CCC(Nc1cnc(N)cn1)c1nccs1. The third-order valence-corrected chi connectivity index (χ3v) is 3.04. The van der Waals surface area contributed by atoms with Gasteiger partial charge in [0.1, 0.15) is 16.6 Å². The summed E-state index contributed by atoms with van der Waals surface area (Å²) in [4.78, 5) is 12.4. The van der Waals surface area contributed by atoms with Crippen LogP contribution >= 0.6 is 11.3 Å². The van der Waals surface area contributed by atoms with Gasteiger partial charge in [0, 0.05) is 11.6 Å². The molecule has 0 bridgehead atoms. The van der Waals surface area contributed by atoms with Gasteiger partial charge >= 0.3 is 0 Å². The molecular weight excluding hydrogens is 222 g/mol. The highest BCUT2D eigenvalue weighted by Gasteiger charge is 2.11. The molecule has 2 rings (SSSR count). The van der Waals surface area contributed by atoms with Crippen LogP contribution in [-0.2, 0) is 0 Å². The number of rotatable bonds is 4. The molecule has 2 heterocycles. The van der Waals surface area contributed by atoms with Crippen molar-refractivity contribution >= 4 is 23.0 Å². The molecule has 1 atom stereocenters. The van der Waals surface area contributed by atoms with Crippen LogP contribution in [-0.4, -0.2) is 15.0 Å². The molecule has 0 aliphatic rings. The third kappa shape index (κ3) is 2.46. The minimum absolute atomic E-state index is 0.179. The van der Waals surface area contributed by atoms with Crippen LogP contribution in [0.25, 0.3) is 0 Å². The van der Waals surface area contributed by atoms with Crippen molar-refractivity contribution in [2.24, 2.45) is 0 Å². The molecule has 0 aliphatic heterocycles. The van der Waals surface area contributed by atoms with Crippen molar-refractivity contribution in [2.75, 3.05) is 11.1 Å². The van der Waals surface area contributed by atoms with E-state index in [1.807, 2.05) is 5.38 Å². The summed E-state index contributed by atoms with van der Waals surface area (Å²) < 4.78 is 0. The van der Waals surface area contributed by atoms with E-state index in [0.29, 0.717) is 5.82 Å². The van der Waals surface area contributed by atoms with Gasteiger partial charge in [0.2, 0.25) is 0 Å². The van der Waals surface area contributed by atoms with E-state index in [1.54, 1.807) is 23.7 Å². The number of nitrogens with zero attached hydrogens (tertiary/aromatic N) is 3. The number of hydrogen-bond acceptors (Lipinski definition) is 6. The number of thiazole rings is 1. The van der Waals surface area contributed by atoms with Gasteiger partial charge in [-0.2, -0.15) is 0 Å². The summed E-state index contributed by atoms with van der Waals surface area (Å²) in [5.74, 6) is 1.14. The lowest BCUT2D eigenvalue weighted by molar-refractivity contribution is 0.736. The first kappa shape index (κ1) is 10.8. The number of nitrogen functional groups attached to an aromatic ring is 1. The maximum Gasteiger partial charge on any atom is 0.145 e. The molecule has 1 unspecified atom stereocenters. The number of nitrogens with two attached hydrogens (primary N) is 1. The fourth-order valence-electron chi connectivity index (χ4n) is 1.34. The molecule has 0 saturated heterocycles. The highest BCUT2D eigenvalue weighted by Crippen LogP contribution is 2.22. The van der Waals surface area contributed by atoms with Crippen LogP contribution in [0.15, 0.2) is 24.0 Å². The van der Waals surface area contributed by atoms with Crippen molar-refractivity contribution in [2.45, 2.75) is 19.4 Å². The Bertz CT molecular complexity index is 425. The predicted molar refractivity (Wildman–Crippen MR) is 65.2 cm³/mol. The normalized spacial score (nSPS) is 12.3. The first-order valence-electron chi connectivity index (χ1n) is 5.03. The number of anilines is 2. The van der Waals surface area contributed by atoms with Gasteiger partial charge in [0.25, 0.3) is 0 Å². The number of nitrogens with one attached hydrogen (secondary N) is 1. The minimum Gasteiger partial charge on any atom is -0.382 e. The molecule has 6 heteroatoms. The summed E-state index contributed by atoms with van der Waals surface area (Å²) in [7, 11) is 0. The van der Waals surface area contributed by atoms with Gasteiger partial charge < -0.3 is 11.1 Å². The van der Waals surface area contributed by atoms with Gasteiger partial charge in [-0.15, -0.1) is 11.3 Å². The van der Waals surface area contributed by atoms with E-state index in [0.717, 1.165) is 17.2 Å². The zero-order chi connectivity index (χ0) is 11.4. The Balaban J connectivity index is 2.10. The molecule has 0 aliphatic carbocycles. The van der Waals surface area contributed by atoms with E-state index < -0.39 is 0 Å². The Labute approximate surface area is 97.8 Å². The molecule has 5 nitrogen and oxygen atoms in total. The van der Waals surface area contributed by atoms with Crippen LogP contribution in [0.1, 0.15) is 24.4 Å². The summed E-state index contributed by atoms with van der Waals surface area (Å²) in [5.41, 5.74) is 5.47. The Morgan fingerprint density at radius 3 is 2.81 bits per heavy atom. The summed E-state index contributed by atoms with van der Waals surface area (Å²) in [5, 5.41) is 6.30. The standard InChI is InChI=1S/C10H13N5S/c1-2-7(10-12-3-4-16-10)15-9-6-13-8(11)5-14-9/h3-7H,2H2,1H3,(H2,11,13)(H,14,15). The Hall–Kier alpha value is -1.69. The molecule has 0 saturated carbocycles. The largest absolute Gasteiger partial charge is 0.382 e. The molecule has 0 amide bonds. The first-order chi connectivity index (χ1) is 7.79. The Morgan fingerprint density at radius 2 is 2.25 bits per heavy atom. The Morgan fingerprint density at radius 1 is 1.38 bits per heavy atom. The molecule has 0 fully saturated rings. The molecule has 3 N–H and O–H groups in total. The first-order valence-corrected chi connectivity index (χ1v) is 5.91. The van der Waals surface area contributed by atoms with Crippen LogP contribution in [0.4, 0.5) is 11.6 Å². The van der Waals surface area contributed by atoms with Gasteiger partial charge in [0.15, 0.2) is 0 Å². The highest BCUT2D eigenvalue weighted by atomic mass is 32.1. The number of hydrogen-bond donors (Lipinski definition) is 2. The quantitative estimate of drug-likeness (QED) is 0.848. The lowest BCUT2D eigenvalue weighted by Gasteiger charge is -2.14. The van der Waals surface area contributed by atoms with Crippen molar-refractivity contribution in [3.63, 3.8) is 0 Å². The van der Waals surface area contributed by atoms with E-state index in [4.69, 9.17) is 5.73 Å². The molecule has 84 valence electrons. The molecule has 16 heavy (non-hydrogen) atoms. The monoisotopic (exact) mass is 235 g/mol. The van der Waals surface area contributed by atoms with Crippen LogP contribution < -0.4 is 11.1 Å². The highest BCUT2D eigenvalue weighted by molar-refractivity contribution is 7.09. The molecule has 0 aromatic carbocycles. The van der Waals surface area contributed by atoms with Gasteiger partial charge in [-0.25, -0.2) is 15.0 Å². The second-order valence-corrected chi connectivity index (χ2v) is 4.23. The lowest BCUT2D eigenvalue weighted by atomic mass is 10.2. The van der Waals surface area contributed by atoms with E-state index in [-0.39, 0.29) is 6.04 Å². The fraction of sp³-hybridized carbons (Fsp3) is 0.300. The maximum atomic E-state index is 5.47. The second kappa shape index (κ2) is 4.89. The third-order valence-electron chi connectivity index (χ3n) is 2.15. The predicted octanol–water partition coefficient (Wildman–Crippen LogP) is 2.08. The minimum atomic E-state index is 0.179. The Kier molecular flexibility index (Phi) is 3.31. The van der Waals surface area contributed by atoms with Crippen molar-refractivity contribution in [1.29, 1.82) is 0 Å². The zero-order valence-corrected chi connectivity index (χ0v) is 9.74. The average molecular weight is 235 g/mol. The summed E-state index contributed by atoms with van der Waals surface area (Å²) >= 11 is 1.63. The van der Waals surface area contributed by atoms with Gasteiger partial charge in [-0.05, 0) is 6.42 Å². The van der Waals surface area contributed by atoms with Crippen LogP contribution in [0.3, 0.4) is 0 Å². The van der Waals surface area contributed by atoms with E-state index >= 15 is 0 Å². The molecule has 0 spiro atoms. The van der Waals surface area contributed by atoms with Gasteiger partial charge in [0.05, 0.1) is 18.4 Å². The summed E-state index contributed by atoms with van der Waals surface area (Å²) in [6.07, 6.45) is 5.92. The van der Waals surface area contributed by atoms with Crippen LogP contribution in [0.2, 0.25) is 0 Å². The topological polar surface area (TPSA) is 76.7 Å². The van der Waals surface area contributed by atoms with Crippen LogP contribution in [0, 0.1) is 0 Å². The van der Waals surface area contributed by atoms with Gasteiger partial charge in [-0.3, -0.25) is 0 Å². The lowest BCUT2D eigenvalue weighted by Crippen LogP contribution is -2.10. The van der Waals surface area contributed by atoms with Crippen molar-refractivity contribution in [1.82, 2.24) is 15.0 Å². The van der Waals surface area contributed by atoms with Gasteiger partial charge in [-0.1, -0.05) is 6.92 Å². The second-order valence-electron chi connectivity index (χ2n) is 3.30. The van der Waals surface area contributed by atoms with Crippen LogP contribution in [0.5, 0.6) is 0 Å². The summed E-state index contributed by atoms with van der Waals surface area (Å²) in [6, 6.07) is 0.179. The van der Waals surface area contributed by atoms with E-state index in [1.165, 1.54) is 6.20 Å². The fourth-order valence-corrected chi connectivity index (χ4v) is 2.11. The number of aromatic nitrogens is 3. The van der Waals surface area contributed by atoms with Crippen molar-refractivity contribution in [3.8, 4) is 0 Å². The van der Waals surface area contributed by atoms with Crippen molar-refractivity contribution < 1.29 is 0 Å². The molecular formula is C10H13N5S. The zero-order valence-electron chi connectivity index (χ0n) is 8.92. The van der Waals surface area contributed by atoms with E-state index in [9.17, 15) is 0 Å². The molecule has 2 aromatic heterocycles. The van der Waals surface area contributed by atoms with Crippen molar-refractivity contribution in [3.05, 3.63) is 29.0 Å². The molecule has 2 aromatic rings.